The number of benzene rings is 2. The van der Waals surface area contributed by atoms with Gasteiger partial charge in [0.2, 0.25) is 0 Å². The summed E-state index contributed by atoms with van der Waals surface area (Å²) in [4.78, 5) is 9.30. The van der Waals surface area contributed by atoms with Crippen molar-refractivity contribution in [1.82, 2.24) is 19.7 Å². The first-order valence-electron chi connectivity index (χ1n) is 7.49. The van der Waals surface area contributed by atoms with Crippen LogP contribution in [-0.4, -0.2) is 26.0 Å². The Morgan fingerprint density at radius 3 is 2.25 bits per heavy atom. The highest BCUT2D eigenvalue weighted by Gasteiger charge is 2.17. The van der Waals surface area contributed by atoms with Gasteiger partial charge in [-0.1, -0.05) is 48.5 Å². The molecule has 2 aromatic carbocycles. The van der Waals surface area contributed by atoms with E-state index in [2.05, 4.69) is 15.1 Å². The van der Waals surface area contributed by atoms with E-state index in [1.54, 1.807) is 16.4 Å². The predicted octanol–water partition coefficient (Wildman–Crippen LogP) is 3.79. The van der Waals surface area contributed by atoms with E-state index in [9.17, 15) is 0 Å². The van der Waals surface area contributed by atoms with E-state index < -0.39 is 0 Å². The third kappa shape index (κ3) is 2.41. The van der Waals surface area contributed by atoms with Crippen LogP contribution in [0.25, 0.3) is 28.1 Å². The van der Waals surface area contributed by atoms with Crippen LogP contribution in [0, 0.1) is 0 Å². The largest absolute Gasteiger partial charge is 0.383 e. The van der Waals surface area contributed by atoms with Crippen LogP contribution in [0.4, 0.5) is 5.82 Å². The molecular formula is C18H15N5S. The van der Waals surface area contributed by atoms with E-state index in [1.807, 2.05) is 66.9 Å². The topological polar surface area (TPSA) is 69.6 Å². The molecule has 0 atom stereocenters. The molecule has 6 heteroatoms. The van der Waals surface area contributed by atoms with Gasteiger partial charge in [-0.15, -0.1) is 16.9 Å². The minimum atomic E-state index is 0.556. The Labute approximate surface area is 143 Å². The third-order valence-corrected chi connectivity index (χ3v) is 4.44. The zero-order chi connectivity index (χ0) is 16.5. The van der Waals surface area contributed by atoms with Crippen molar-refractivity contribution in [1.29, 1.82) is 0 Å². The molecule has 0 saturated heterocycles. The van der Waals surface area contributed by atoms with E-state index in [4.69, 9.17) is 5.73 Å². The van der Waals surface area contributed by atoms with Crippen molar-refractivity contribution >= 4 is 28.6 Å². The fraction of sp³-hybridized carbons (Fsp3) is 0.0556. The molecule has 4 rings (SSSR count). The number of nitrogen functional groups attached to an aromatic ring is 1. The molecule has 2 N–H and O–H groups in total. The molecule has 2 aromatic heterocycles. The van der Waals surface area contributed by atoms with Crippen LogP contribution in [-0.2, 0) is 0 Å². The van der Waals surface area contributed by atoms with Gasteiger partial charge in [0, 0.05) is 5.56 Å². The van der Waals surface area contributed by atoms with Gasteiger partial charge < -0.3 is 5.73 Å². The summed E-state index contributed by atoms with van der Waals surface area (Å²) in [6.45, 7) is 0. The monoisotopic (exact) mass is 333 g/mol. The first kappa shape index (κ1) is 14.7. The van der Waals surface area contributed by atoms with Gasteiger partial charge in [-0.2, -0.15) is 0 Å². The number of hydrogen-bond donors (Lipinski definition) is 1. The SMILES string of the molecule is CSc1nc(-c2ccccc2)nc2nn(-c3ccccc3)c(N)c12. The van der Waals surface area contributed by atoms with E-state index in [-0.39, 0.29) is 0 Å². The summed E-state index contributed by atoms with van der Waals surface area (Å²) in [5, 5.41) is 6.23. The molecule has 0 saturated carbocycles. The van der Waals surface area contributed by atoms with Gasteiger partial charge in [0.1, 0.15) is 10.8 Å². The molecule has 0 amide bonds. The van der Waals surface area contributed by atoms with Crippen LogP contribution in [0.15, 0.2) is 65.7 Å². The number of thioether (sulfide) groups is 1. The summed E-state index contributed by atoms with van der Waals surface area (Å²) < 4.78 is 1.72. The van der Waals surface area contributed by atoms with Crippen molar-refractivity contribution in [3.8, 4) is 17.1 Å². The van der Waals surface area contributed by atoms with Gasteiger partial charge >= 0.3 is 0 Å². The molecule has 0 spiro atoms. The fourth-order valence-corrected chi connectivity index (χ4v) is 3.19. The molecule has 24 heavy (non-hydrogen) atoms. The third-order valence-electron chi connectivity index (χ3n) is 3.76. The van der Waals surface area contributed by atoms with Crippen molar-refractivity contribution in [2.45, 2.75) is 5.03 Å². The Morgan fingerprint density at radius 2 is 1.58 bits per heavy atom. The maximum atomic E-state index is 6.34. The lowest BCUT2D eigenvalue weighted by Gasteiger charge is -2.04. The highest BCUT2D eigenvalue weighted by atomic mass is 32.2. The van der Waals surface area contributed by atoms with Crippen LogP contribution in [0.2, 0.25) is 0 Å². The lowest BCUT2D eigenvalue weighted by molar-refractivity contribution is 0.900. The van der Waals surface area contributed by atoms with Gasteiger partial charge in [-0.05, 0) is 18.4 Å². The minimum Gasteiger partial charge on any atom is -0.383 e. The predicted molar refractivity (Wildman–Crippen MR) is 98.3 cm³/mol. The van der Waals surface area contributed by atoms with Crippen molar-refractivity contribution in [2.75, 3.05) is 12.0 Å². The molecule has 4 aromatic rings. The Kier molecular flexibility index (Phi) is 3.66. The Bertz CT molecular complexity index is 996. The Hall–Kier alpha value is -2.86. The van der Waals surface area contributed by atoms with E-state index in [0.717, 1.165) is 21.7 Å². The number of rotatable bonds is 3. The quantitative estimate of drug-likeness (QED) is 0.456. The second kappa shape index (κ2) is 5.98. The zero-order valence-corrected chi connectivity index (χ0v) is 13.9. The second-order valence-electron chi connectivity index (χ2n) is 5.25. The normalized spacial score (nSPS) is 11.0. The summed E-state index contributed by atoms with van der Waals surface area (Å²) in [6.07, 6.45) is 1.98. The molecule has 5 nitrogen and oxygen atoms in total. The highest BCUT2D eigenvalue weighted by Crippen LogP contribution is 2.32. The maximum absolute atomic E-state index is 6.34. The number of anilines is 1. The molecule has 2 heterocycles. The standard InChI is InChI=1S/C18H15N5S/c1-24-18-14-15(19)23(13-10-6-3-7-11-13)22-17(14)20-16(21-18)12-8-4-2-5-9-12/h2-11H,19H2,1H3. The van der Waals surface area contributed by atoms with E-state index >= 15 is 0 Å². The lowest BCUT2D eigenvalue weighted by Crippen LogP contribution is -2.01. The van der Waals surface area contributed by atoms with Gasteiger partial charge in [-0.3, -0.25) is 0 Å². The van der Waals surface area contributed by atoms with Gasteiger partial charge in [-0.25, -0.2) is 14.6 Å². The first-order chi connectivity index (χ1) is 11.8. The van der Waals surface area contributed by atoms with Gasteiger partial charge in [0.05, 0.1) is 11.1 Å². The average molecular weight is 333 g/mol. The summed E-state index contributed by atoms with van der Waals surface area (Å²) in [5.74, 6) is 1.21. The minimum absolute atomic E-state index is 0.556. The number of para-hydroxylation sites is 1. The summed E-state index contributed by atoms with van der Waals surface area (Å²) in [6, 6.07) is 19.7. The second-order valence-corrected chi connectivity index (χ2v) is 6.05. The molecule has 0 aliphatic carbocycles. The molecule has 0 bridgehead atoms. The van der Waals surface area contributed by atoms with Gasteiger partial charge in [0.15, 0.2) is 11.5 Å². The molecule has 0 radical (unpaired) electrons. The molecule has 118 valence electrons. The van der Waals surface area contributed by atoms with Crippen LogP contribution < -0.4 is 5.73 Å². The number of fused-ring (bicyclic) bond motifs is 1. The molecule has 0 aliphatic heterocycles. The number of nitrogens with zero attached hydrogens (tertiary/aromatic N) is 4. The molecule has 0 fully saturated rings. The summed E-state index contributed by atoms with van der Waals surface area (Å²) in [5.41, 5.74) is 8.81. The van der Waals surface area contributed by atoms with Crippen molar-refractivity contribution < 1.29 is 0 Å². The zero-order valence-electron chi connectivity index (χ0n) is 13.0. The van der Waals surface area contributed by atoms with Crippen LogP contribution >= 0.6 is 11.8 Å². The van der Waals surface area contributed by atoms with Crippen LogP contribution in [0.1, 0.15) is 0 Å². The van der Waals surface area contributed by atoms with E-state index in [0.29, 0.717) is 17.3 Å². The number of nitrogens with two attached hydrogens (primary N) is 1. The van der Waals surface area contributed by atoms with Crippen LogP contribution in [0.3, 0.4) is 0 Å². The first-order valence-corrected chi connectivity index (χ1v) is 8.71. The molecule has 0 aliphatic rings. The summed E-state index contributed by atoms with van der Waals surface area (Å²) >= 11 is 1.55. The smallest absolute Gasteiger partial charge is 0.188 e. The average Bonchev–Trinajstić information content (AvgIpc) is 2.99. The van der Waals surface area contributed by atoms with E-state index in [1.165, 1.54) is 0 Å². The summed E-state index contributed by atoms with van der Waals surface area (Å²) in [7, 11) is 0. The fourth-order valence-electron chi connectivity index (χ4n) is 2.61. The maximum Gasteiger partial charge on any atom is 0.188 e. The van der Waals surface area contributed by atoms with Gasteiger partial charge in [0.25, 0.3) is 0 Å². The highest BCUT2D eigenvalue weighted by molar-refractivity contribution is 7.98. The molecule has 0 unspecified atom stereocenters. The van der Waals surface area contributed by atoms with Crippen molar-refractivity contribution in [3.05, 3.63) is 60.7 Å². The van der Waals surface area contributed by atoms with Crippen LogP contribution in [0.5, 0.6) is 0 Å². The Morgan fingerprint density at radius 1 is 0.917 bits per heavy atom. The lowest BCUT2D eigenvalue weighted by atomic mass is 10.2. The van der Waals surface area contributed by atoms with Crippen molar-refractivity contribution in [3.63, 3.8) is 0 Å². The number of aromatic nitrogens is 4. The van der Waals surface area contributed by atoms with Crippen molar-refractivity contribution in [2.24, 2.45) is 0 Å². The molecular weight excluding hydrogens is 318 g/mol. The Balaban J connectivity index is 1.97. The number of hydrogen-bond acceptors (Lipinski definition) is 5.